The molecule has 3 aliphatic rings. The van der Waals surface area contributed by atoms with Gasteiger partial charge in [0, 0.05) is 47.1 Å². The second-order valence-corrected chi connectivity index (χ2v) is 16.5. The van der Waals surface area contributed by atoms with Crippen molar-refractivity contribution in [2.75, 3.05) is 13.7 Å². The van der Waals surface area contributed by atoms with Gasteiger partial charge in [0.15, 0.2) is 6.10 Å². The number of aliphatic hydroxyl groups excluding tert-OH is 1. The Balaban J connectivity index is 1.44. The van der Waals surface area contributed by atoms with Gasteiger partial charge in [0.25, 0.3) is 5.91 Å². The number of amides is 5. The molecule has 3 unspecified atom stereocenters. The number of rotatable bonds is 13. The van der Waals surface area contributed by atoms with Crippen LogP contribution in [0.5, 0.6) is 11.5 Å². The lowest BCUT2D eigenvalue weighted by Gasteiger charge is -2.36. The number of ether oxygens (including phenoxy) is 2. The fourth-order valence-electron chi connectivity index (χ4n) is 6.48. The van der Waals surface area contributed by atoms with Gasteiger partial charge in [-0.15, -0.1) is 0 Å². The van der Waals surface area contributed by atoms with Crippen LogP contribution in [0.2, 0.25) is 0 Å². The standard InChI is InChI=1S/C38H56N6O7/c1-9-10-26(31(45)34(47)39-22-13-14-22)41-33(46)29-18-24(20-44(29)35(48)32(37(2,3)4)42-36(49)43-38(5,6)7)51-30-19-27(21-11-12-21)40-28-17-23(50-8)15-16-25(28)30/h15-17,19,21-22,24,26,29,31-32,45H,9-14,18,20H2,1-8H3,(H,39,47)(H,41,46)(H2,42,43,49)/t24-,26+,29?,31?,32?/m1/s1. The summed E-state index contributed by atoms with van der Waals surface area (Å²) >= 11 is 0. The number of hydrogen-bond donors (Lipinski definition) is 5. The minimum Gasteiger partial charge on any atom is -0.497 e. The van der Waals surface area contributed by atoms with Crippen molar-refractivity contribution in [1.29, 1.82) is 0 Å². The highest BCUT2D eigenvalue weighted by molar-refractivity contribution is 5.94. The van der Waals surface area contributed by atoms with Gasteiger partial charge in [-0.05, 0) is 70.4 Å². The summed E-state index contributed by atoms with van der Waals surface area (Å²) in [6, 6.07) is 4.29. The smallest absolute Gasteiger partial charge is 0.315 e. The fraction of sp³-hybridized carbons (Fsp3) is 0.658. The van der Waals surface area contributed by atoms with Crippen LogP contribution in [0.4, 0.5) is 4.79 Å². The predicted octanol–water partition coefficient (Wildman–Crippen LogP) is 3.91. The fourth-order valence-corrected chi connectivity index (χ4v) is 6.48. The summed E-state index contributed by atoms with van der Waals surface area (Å²) in [4.78, 5) is 61.0. The van der Waals surface area contributed by atoms with Gasteiger partial charge in [-0.1, -0.05) is 34.1 Å². The lowest BCUT2D eigenvalue weighted by atomic mass is 9.85. The minimum absolute atomic E-state index is 0.0501. The number of benzene rings is 1. The maximum Gasteiger partial charge on any atom is 0.315 e. The van der Waals surface area contributed by atoms with Crippen molar-refractivity contribution in [1.82, 2.24) is 31.2 Å². The number of hydrogen-bond acceptors (Lipinski definition) is 8. The largest absolute Gasteiger partial charge is 0.497 e. The first-order chi connectivity index (χ1) is 24.0. The lowest BCUT2D eigenvalue weighted by Crippen LogP contribution is -2.61. The third kappa shape index (κ3) is 9.81. The molecule has 1 aliphatic heterocycles. The molecule has 51 heavy (non-hydrogen) atoms. The molecule has 1 aromatic carbocycles. The maximum absolute atomic E-state index is 14.5. The van der Waals surface area contributed by atoms with E-state index < -0.39 is 65.0 Å². The quantitative estimate of drug-likeness (QED) is 0.209. The summed E-state index contributed by atoms with van der Waals surface area (Å²) < 4.78 is 12.1. The average Bonchev–Trinajstić information content (AvgIpc) is 3.99. The van der Waals surface area contributed by atoms with Crippen molar-refractivity contribution in [3.63, 3.8) is 0 Å². The Morgan fingerprint density at radius 1 is 1.02 bits per heavy atom. The minimum atomic E-state index is -1.45. The molecule has 2 saturated carbocycles. The number of likely N-dealkylation sites (tertiary alicyclic amines) is 1. The van der Waals surface area contributed by atoms with E-state index in [0.717, 1.165) is 42.3 Å². The summed E-state index contributed by atoms with van der Waals surface area (Å²) in [5, 5.41) is 23.2. The predicted molar refractivity (Wildman–Crippen MR) is 193 cm³/mol. The number of aliphatic hydroxyl groups is 1. The summed E-state index contributed by atoms with van der Waals surface area (Å²) in [6.45, 7) is 13.1. The number of carbonyl (C=O) groups excluding carboxylic acids is 4. The van der Waals surface area contributed by atoms with Crippen LogP contribution in [0, 0.1) is 5.41 Å². The molecule has 13 heteroatoms. The zero-order valence-corrected chi connectivity index (χ0v) is 31.3. The second kappa shape index (κ2) is 15.2. The van der Waals surface area contributed by atoms with Gasteiger partial charge in [0.1, 0.15) is 29.7 Å². The van der Waals surface area contributed by atoms with Crippen LogP contribution in [0.15, 0.2) is 24.3 Å². The van der Waals surface area contributed by atoms with E-state index in [1.54, 1.807) is 7.11 Å². The summed E-state index contributed by atoms with van der Waals surface area (Å²) in [6.07, 6.45) is 2.92. The van der Waals surface area contributed by atoms with Crippen LogP contribution in [-0.2, 0) is 14.4 Å². The van der Waals surface area contributed by atoms with Gasteiger partial charge < -0.3 is 40.7 Å². The molecule has 5 rings (SSSR count). The Morgan fingerprint density at radius 2 is 1.73 bits per heavy atom. The molecule has 0 radical (unpaired) electrons. The molecule has 13 nitrogen and oxygen atoms in total. The van der Waals surface area contributed by atoms with Gasteiger partial charge >= 0.3 is 6.03 Å². The Kier molecular flexibility index (Phi) is 11.4. The molecule has 5 amide bonds. The Labute approximate surface area is 301 Å². The van der Waals surface area contributed by atoms with Crippen LogP contribution < -0.4 is 30.7 Å². The molecule has 2 heterocycles. The first-order valence-corrected chi connectivity index (χ1v) is 18.3. The average molecular weight is 709 g/mol. The van der Waals surface area contributed by atoms with E-state index in [-0.39, 0.29) is 19.0 Å². The van der Waals surface area contributed by atoms with Crippen molar-refractivity contribution in [2.24, 2.45) is 5.41 Å². The third-order valence-electron chi connectivity index (χ3n) is 9.51. The molecule has 3 fully saturated rings. The van der Waals surface area contributed by atoms with E-state index in [1.807, 2.05) is 72.7 Å². The topological polar surface area (TPSA) is 171 Å². The highest BCUT2D eigenvalue weighted by Gasteiger charge is 2.47. The normalized spacial score (nSPS) is 21.0. The number of fused-ring (bicyclic) bond motifs is 1. The van der Waals surface area contributed by atoms with Crippen molar-refractivity contribution >= 4 is 34.7 Å². The summed E-state index contributed by atoms with van der Waals surface area (Å²) in [7, 11) is 1.61. The highest BCUT2D eigenvalue weighted by Crippen LogP contribution is 2.42. The van der Waals surface area contributed by atoms with Gasteiger partial charge in [0.2, 0.25) is 11.8 Å². The zero-order chi connectivity index (χ0) is 37.2. The van der Waals surface area contributed by atoms with Gasteiger partial charge in [-0.3, -0.25) is 19.4 Å². The van der Waals surface area contributed by atoms with Crippen molar-refractivity contribution in [3.8, 4) is 11.5 Å². The van der Waals surface area contributed by atoms with Crippen LogP contribution in [0.25, 0.3) is 10.9 Å². The van der Waals surface area contributed by atoms with E-state index in [1.165, 1.54) is 4.90 Å². The van der Waals surface area contributed by atoms with E-state index >= 15 is 0 Å². The summed E-state index contributed by atoms with van der Waals surface area (Å²) in [5.41, 5.74) is 0.404. The second-order valence-electron chi connectivity index (χ2n) is 16.5. The molecule has 280 valence electrons. The van der Waals surface area contributed by atoms with E-state index in [2.05, 4.69) is 21.3 Å². The number of methoxy groups -OCH3 is 1. The van der Waals surface area contributed by atoms with Crippen LogP contribution in [0.1, 0.15) is 105 Å². The number of pyridine rings is 1. The number of carbonyl (C=O) groups is 4. The zero-order valence-electron chi connectivity index (χ0n) is 31.3. The maximum atomic E-state index is 14.5. The monoisotopic (exact) mass is 708 g/mol. The molecule has 1 saturated heterocycles. The van der Waals surface area contributed by atoms with Gasteiger partial charge in [-0.2, -0.15) is 0 Å². The van der Waals surface area contributed by atoms with Crippen LogP contribution >= 0.6 is 0 Å². The number of aromatic nitrogens is 1. The van der Waals surface area contributed by atoms with Crippen molar-refractivity contribution in [2.45, 2.75) is 141 Å². The van der Waals surface area contributed by atoms with Crippen molar-refractivity contribution in [3.05, 3.63) is 30.0 Å². The Morgan fingerprint density at radius 3 is 2.31 bits per heavy atom. The van der Waals surface area contributed by atoms with Gasteiger partial charge in [0.05, 0.1) is 25.2 Å². The molecule has 5 atom stereocenters. The number of urea groups is 1. The molecule has 1 aromatic heterocycles. The third-order valence-corrected chi connectivity index (χ3v) is 9.51. The molecule has 2 aliphatic carbocycles. The molecule has 0 bridgehead atoms. The summed E-state index contributed by atoms with van der Waals surface area (Å²) in [5.74, 6) is 0.176. The Hall–Kier alpha value is -4.13. The number of nitrogens with zero attached hydrogens (tertiary/aromatic N) is 2. The molecule has 0 spiro atoms. The Bertz CT molecular complexity index is 1610. The first-order valence-electron chi connectivity index (χ1n) is 18.3. The molecule has 2 aromatic rings. The van der Waals surface area contributed by atoms with Crippen molar-refractivity contribution < 1.29 is 33.8 Å². The molecule has 5 N–H and O–H groups in total. The first kappa shape index (κ1) is 38.1. The highest BCUT2D eigenvalue weighted by atomic mass is 16.5. The SMILES string of the molecule is CCC[C@H](NC(=O)C1C[C@@H](Oc2cc(C3CC3)nc3cc(OC)ccc23)CN1C(=O)C(NC(=O)NC(C)(C)C)C(C)(C)C)C(O)C(=O)NC1CC1. The van der Waals surface area contributed by atoms with Gasteiger partial charge in [-0.25, -0.2) is 4.79 Å². The molecular weight excluding hydrogens is 652 g/mol. The van der Waals surface area contributed by atoms with E-state index in [9.17, 15) is 24.3 Å². The van der Waals surface area contributed by atoms with Crippen LogP contribution in [0.3, 0.4) is 0 Å². The number of nitrogens with one attached hydrogen (secondary N) is 4. The molecular formula is C38H56N6O7. The lowest BCUT2D eigenvalue weighted by molar-refractivity contribution is -0.143. The van der Waals surface area contributed by atoms with E-state index in [4.69, 9.17) is 14.5 Å². The van der Waals surface area contributed by atoms with E-state index in [0.29, 0.717) is 30.3 Å². The van der Waals surface area contributed by atoms with Crippen LogP contribution in [-0.4, -0.2) is 94.3 Å².